The molecule has 2 heterocycles. The first-order valence-electron chi connectivity index (χ1n) is 10.7. The number of fused-ring (bicyclic) bond motifs is 1. The summed E-state index contributed by atoms with van der Waals surface area (Å²) in [6, 6.07) is 14.7. The Morgan fingerprint density at radius 3 is 2.36 bits per heavy atom. The van der Waals surface area contributed by atoms with Gasteiger partial charge in [-0.05, 0) is 31.2 Å². The molecule has 0 radical (unpaired) electrons. The molecule has 33 heavy (non-hydrogen) atoms. The summed E-state index contributed by atoms with van der Waals surface area (Å²) in [5.74, 6) is 1.21. The first-order chi connectivity index (χ1) is 15.8. The lowest BCUT2D eigenvalue weighted by Crippen LogP contribution is -2.30. The fraction of sp³-hybridized carbons (Fsp3) is 0.304. The number of rotatable bonds is 8. The van der Waals surface area contributed by atoms with E-state index in [2.05, 4.69) is 15.2 Å². The Morgan fingerprint density at radius 2 is 1.67 bits per heavy atom. The number of thioether (sulfide) groups is 1. The molecule has 172 valence electrons. The third-order valence-corrected chi connectivity index (χ3v) is 8.53. The van der Waals surface area contributed by atoms with Gasteiger partial charge < -0.3 is 4.57 Å². The van der Waals surface area contributed by atoms with E-state index in [4.69, 9.17) is 4.98 Å². The zero-order chi connectivity index (χ0) is 23.6. The van der Waals surface area contributed by atoms with E-state index < -0.39 is 10.0 Å². The van der Waals surface area contributed by atoms with E-state index in [1.807, 2.05) is 62.7 Å². The van der Waals surface area contributed by atoms with Crippen molar-refractivity contribution in [1.82, 2.24) is 29.0 Å². The van der Waals surface area contributed by atoms with Gasteiger partial charge in [-0.25, -0.2) is 18.4 Å². The molecule has 0 unspecified atom stereocenters. The molecule has 0 N–H and O–H groups in total. The first kappa shape index (κ1) is 23.3. The smallest absolute Gasteiger partial charge is 0.243 e. The minimum absolute atomic E-state index is 0.253. The van der Waals surface area contributed by atoms with E-state index in [0.717, 1.165) is 27.6 Å². The van der Waals surface area contributed by atoms with Crippen LogP contribution in [-0.2, 0) is 22.8 Å². The Labute approximate surface area is 198 Å². The van der Waals surface area contributed by atoms with Crippen LogP contribution >= 0.6 is 11.8 Å². The van der Waals surface area contributed by atoms with Gasteiger partial charge in [-0.3, -0.25) is 0 Å². The molecule has 0 aliphatic carbocycles. The first-order valence-corrected chi connectivity index (χ1v) is 13.1. The standard InChI is InChI=1S/C23H26N6O2S2/c1-5-29(6-2)33(30,31)18-11-9-10-17(14-18)22-26-27-23(28(22)4)32-15-21-16(3)24-19-12-7-8-13-20(19)25-21/h7-14H,5-6,15H2,1-4H3. The number of sulfonamides is 1. The Kier molecular flexibility index (Phi) is 6.78. The molecule has 0 aliphatic heterocycles. The van der Waals surface area contributed by atoms with Gasteiger partial charge >= 0.3 is 0 Å². The quantitative estimate of drug-likeness (QED) is 0.350. The van der Waals surface area contributed by atoms with Crippen molar-refractivity contribution in [2.24, 2.45) is 7.05 Å². The highest BCUT2D eigenvalue weighted by Gasteiger charge is 2.23. The van der Waals surface area contributed by atoms with Gasteiger partial charge in [-0.15, -0.1) is 10.2 Å². The normalized spacial score (nSPS) is 12.0. The van der Waals surface area contributed by atoms with E-state index in [9.17, 15) is 8.42 Å². The van der Waals surface area contributed by atoms with Crippen LogP contribution in [0.25, 0.3) is 22.4 Å². The number of nitrogens with zero attached hydrogens (tertiary/aromatic N) is 6. The molecule has 4 aromatic rings. The molecule has 0 saturated heterocycles. The number of hydrogen-bond acceptors (Lipinski definition) is 7. The number of hydrogen-bond donors (Lipinski definition) is 0. The van der Waals surface area contributed by atoms with Crippen LogP contribution in [0.5, 0.6) is 0 Å². The van der Waals surface area contributed by atoms with Crippen LogP contribution < -0.4 is 0 Å². The maximum atomic E-state index is 12.9. The average Bonchev–Trinajstić information content (AvgIpc) is 3.18. The highest BCUT2D eigenvalue weighted by Crippen LogP contribution is 2.28. The van der Waals surface area contributed by atoms with Gasteiger partial charge in [0.25, 0.3) is 0 Å². The van der Waals surface area contributed by atoms with E-state index in [1.54, 1.807) is 18.2 Å². The van der Waals surface area contributed by atoms with Crippen LogP contribution in [0.4, 0.5) is 0 Å². The minimum Gasteiger partial charge on any atom is -0.305 e. The molecule has 0 saturated carbocycles. The molecule has 2 aromatic carbocycles. The van der Waals surface area contributed by atoms with Crippen LogP contribution in [0, 0.1) is 6.92 Å². The molecule has 0 atom stereocenters. The lowest BCUT2D eigenvalue weighted by Gasteiger charge is -2.18. The molecule has 0 bridgehead atoms. The maximum Gasteiger partial charge on any atom is 0.243 e. The summed E-state index contributed by atoms with van der Waals surface area (Å²) in [6.45, 7) is 6.46. The second-order valence-electron chi connectivity index (χ2n) is 7.52. The molecule has 0 fully saturated rings. The molecule has 0 spiro atoms. The third kappa shape index (κ3) is 4.64. The zero-order valence-electron chi connectivity index (χ0n) is 19.1. The largest absolute Gasteiger partial charge is 0.305 e. The molecular formula is C23H26N6O2S2. The average molecular weight is 483 g/mol. The van der Waals surface area contributed by atoms with Gasteiger partial charge in [-0.2, -0.15) is 4.31 Å². The number of aryl methyl sites for hydroxylation is 1. The molecule has 8 nitrogen and oxygen atoms in total. The summed E-state index contributed by atoms with van der Waals surface area (Å²) in [7, 11) is -1.67. The van der Waals surface area contributed by atoms with Gasteiger partial charge in [0, 0.05) is 31.5 Å². The zero-order valence-corrected chi connectivity index (χ0v) is 20.7. The van der Waals surface area contributed by atoms with Crippen molar-refractivity contribution >= 4 is 32.8 Å². The summed E-state index contributed by atoms with van der Waals surface area (Å²) in [5, 5.41) is 9.37. The van der Waals surface area contributed by atoms with E-state index in [1.165, 1.54) is 16.1 Å². The molecule has 2 aromatic heterocycles. The van der Waals surface area contributed by atoms with Crippen LogP contribution in [0.1, 0.15) is 25.2 Å². The van der Waals surface area contributed by atoms with Gasteiger partial charge in [-0.1, -0.05) is 49.9 Å². The van der Waals surface area contributed by atoms with Crippen molar-refractivity contribution in [3.8, 4) is 11.4 Å². The molecular weight excluding hydrogens is 456 g/mol. The third-order valence-electron chi connectivity index (χ3n) is 5.45. The highest BCUT2D eigenvalue weighted by molar-refractivity contribution is 7.98. The van der Waals surface area contributed by atoms with Gasteiger partial charge in [0.15, 0.2) is 11.0 Å². The van der Waals surface area contributed by atoms with Gasteiger partial charge in [0.05, 0.1) is 27.3 Å². The topological polar surface area (TPSA) is 93.9 Å². The molecule has 0 amide bonds. The molecule has 10 heteroatoms. The van der Waals surface area contributed by atoms with E-state index >= 15 is 0 Å². The van der Waals surface area contributed by atoms with Crippen molar-refractivity contribution in [3.05, 3.63) is 59.9 Å². The maximum absolute atomic E-state index is 12.9. The van der Waals surface area contributed by atoms with Gasteiger partial charge in [0.1, 0.15) is 0 Å². The van der Waals surface area contributed by atoms with Crippen molar-refractivity contribution in [1.29, 1.82) is 0 Å². The van der Waals surface area contributed by atoms with Crippen LogP contribution in [0.2, 0.25) is 0 Å². The van der Waals surface area contributed by atoms with E-state index in [0.29, 0.717) is 30.2 Å². The van der Waals surface area contributed by atoms with Crippen LogP contribution in [-0.4, -0.2) is 50.5 Å². The Hall–Kier alpha value is -2.82. The van der Waals surface area contributed by atoms with Crippen molar-refractivity contribution in [3.63, 3.8) is 0 Å². The Morgan fingerprint density at radius 1 is 0.970 bits per heavy atom. The van der Waals surface area contributed by atoms with Crippen LogP contribution in [0.3, 0.4) is 0 Å². The summed E-state index contributed by atoms with van der Waals surface area (Å²) in [6.07, 6.45) is 0. The summed E-state index contributed by atoms with van der Waals surface area (Å²) in [5.41, 5.74) is 4.23. The fourth-order valence-corrected chi connectivity index (χ4v) is 6.02. The SMILES string of the molecule is CCN(CC)S(=O)(=O)c1cccc(-c2nnc(SCc3nc4ccccc4nc3C)n2C)c1. The van der Waals surface area contributed by atoms with Crippen LogP contribution in [0.15, 0.2) is 58.6 Å². The summed E-state index contributed by atoms with van der Waals surface area (Å²) in [4.78, 5) is 9.64. The number of para-hydroxylation sites is 2. The lowest BCUT2D eigenvalue weighted by molar-refractivity contribution is 0.445. The predicted molar refractivity (Wildman–Crippen MR) is 130 cm³/mol. The number of benzene rings is 2. The summed E-state index contributed by atoms with van der Waals surface area (Å²) >= 11 is 1.52. The monoisotopic (exact) mass is 482 g/mol. The highest BCUT2D eigenvalue weighted by atomic mass is 32.2. The van der Waals surface area contributed by atoms with Crippen molar-refractivity contribution < 1.29 is 8.42 Å². The fourth-order valence-electron chi connectivity index (χ4n) is 3.59. The lowest BCUT2D eigenvalue weighted by atomic mass is 10.2. The molecule has 0 aliphatic rings. The number of aromatic nitrogens is 5. The molecule has 4 rings (SSSR count). The van der Waals surface area contributed by atoms with Crippen molar-refractivity contribution in [2.45, 2.75) is 36.6 Å². The Bertz CT molecular complexity index is 1400. The van der Waals surface area contributed by atoms with Gasteiger partial charge in [0.2, 0.25) is 10.0 Å². The second-order valence-corrected chi connectivity index (χ2v) is 10.4. The van der Waals surface area contributed by atoms with Crippen molar-refractivity contribution in [2.75, 3.05) is 13.1 Å². The minimum atomic E-state index is -3.55. The predicted octanol–water partition coefficient (Wildman–Crippen LogP) is 4.06. The second kappa shape index (κ2) is 9.58. The summed E-state index contributed by atoms with van der Waals surface area (Å²) < 4.78 is 29.2. The van der Waals surface area contributed by atoms with E-state index in [-0.39, 0.29) is 4.90 Å². The Balaban J connectivity index is 1.58.